The minimum atomic E-state index is -0.764. The van der Waals surface area contributed by atoms with Gasteiger partial charge in [-0.1, -0.05) is 37.3 Å². The number of rotatable bonds is 4. The Morgan fingerprint density at radius 1 is 1.35 bits per heavy atom. The van der Waals surface area contributed by atoms with Gasteiger partial charge in [0.1, 0.15) is 0 Å². The molecule has 1 aliphatic heterocycles. The highest BCUT2D eigenvalue weighted by atomic mass is 16.2. The second-order valence-electron chi connectivity index (χ2n) is 5.41. The zero-order valence-electron chi connectivity index (χ0n) is 11.9. The zero-order chi connectivity index (χ0) is 14.8. The lowest BCUT2D eigenvalue weighted by atomic mass is 9.81. The highest BCUT2D eigenvalue weighted by Gasteiger charge is 2.50. The lowest BCUT2D eigenvalue weighted by molar-refractivity contribution is -0.142. The summed E-state index contributed by atoms with van der Waals surface area (Å²) in [5.41, 5.74) is 0.122. The molecule has 2 amide bonds. The number of imide groups is 1. The number of amides is 2. The molecule has 1 aliphatic rings. The van der Waals surface area contributed by atoms with Gasteiger partial charge in [-0.3, -0.25) is 14.5 Å². The standard InChI is InChI=1S/C17H19NO2/c1-4-9-14(5-2)18-15(19)12-17(3,16(18)20)13-10-7-6-8-11-13/h1,6-8,10-11,14H,5,9,12H2,2-3H3. The zero-order valence-corrected chi connectivity index (χ0v) is 11.9. The van der Waals surface area contributed by atoms with Crippen LogP contribution < -0.4 is 0 Å². The van der Waals surface area contributed by atoms with Crippen LogP contribution in [0.4, 0.5) is 0 Å². The van der Waals surface area contributed by atoms with Gasteiger partial charge in [0.05, 0.1) is 11.5 Å². The summed E-state index contributed by atoms with van der Waals surface area (Å²) in [6.45, 7) is 3.78. The van der Waals surface area contributed by atoms with Gasteiger partial charge < -0.3 is 0 Å². The van der Waals surface area contributed by atoms with Crippen molar-refractivity contribution in [3.05, 3.63) is 35.9 Å². The maximum atomic E-state index is 12.7. The Bertz CT molecular complexity index is 558. The van der Waals surface area contributed by atoms with Crippen molar-refractivity contribution in [2.24, 2.45) is 0 Å². The van der Waals surface area contributed by atoms with Crippen LogP contribution in [0.25, 0.3) is 0 Å². The van der Waals surface area contributed by atoms with Gasteiger partial charge in [0, 0.05) is 12.8 Å². The van der Waals surface area contributed by atoms with Gasteiger partial charge in [-0.15, -0.1) is 12.3 Å². The molecule has 1 fully saturated rings. The van der Waals surface area contributed by atoms with Crippen LogP contribution in [0.2, 0.25) is 0 Å². The van der Waals surface area contributed by atoms with Crippen molar-refractivity contribution in [1.29, 1.82) is 0 Å². The van der Waals surface area contributed by atoms with Crippen molar-refractivity contribution in [1.82, 2.24) is 4.90 Å². The molecule has 0 bridgehead atoms. The lowest BCUT2D eigenvalue weighted by Crippen LogP contribution is -2.42. The summed E-state index contributed by atoms with van der Waals surface area (Å²) in [7, 11) is 0. The summed E-state index contributed by atoms with van der Waals surface area (Å²) in [5.74, 6) is 2.31. The number of nitrogens with zero attached hydrogens (tertiary/aromatic N) is 1. The maximum absolute atomic E-state index is 12.7. The summed E-state index contributed by atoms with van der Waals surface area (Å²) in [4.78, 5) is 26.4. The molecule has 0 saturated carbocycles. The smallest absolute Gasteiger partial charge is 0.240 e. The SMILES string of the molecule is C#CCC(CC)N1C(=O)CC(C)(c2ccccc2)C1=O. The molecule has 3 heteroatoms. The first-order valence-corrected chi connectivity index (χ1v) is 6.90. The normalized spacial score (nSPS) is 23.8. The Kier molecular flexibility index (Phi) is 3.94. The topological polar surface area (TPSA) is 37.4 Å². The van der Waals surface area contributed by atoms with Crippen molar-refractivity contribution in [3.63, 3.8) is 0 Å². The first kappa shape index (κ1) is 14.3. The quantitative estimate of drug-likeness (QED) is 0.622. The van der Waals surface area contributed by atoms with Crippen molar-refractivity contribution in [2.75, 3.05) is 0 Å². The number of hydrogen-bond acceptors (Lipinski definition) is 2. The van der Waals surface area contributed by atoms with Gasteiger partial charge in [0.2, 0.25) is 11.8 Å². The largest absolute Gasteiger partial charge is 0.278 e. The van der Waals surface area contributed by atoms with E-state index >= 15 is 0 Å². The number of likely N-dealkylation sites (tertiary alicyclic amines) is 1. The van der Waals surface area contributed by atoms with Crippen LogP contribution in [0.3, 0.4) is 0 Å². The maximum Gasteiger partial charge on any atom is 0.240 e. The monoisotopic (exact) mass is 269 g/mol. The van der Waals surface area contributed by atoms with Crippen LogP contribution in [-0.2, 0) is 15.0 Å². The van der Waals surface area contributed by atoms with E-state index in [2.05, 4.69) is 5.92 Å². The van der Waals surface area contributed by atoms with Crippen LogP contribution in [0.15, 0.2) is 30.3 Å². The average Bonchev–Trinajstić information content (AvgIpc) is 2.69. The molecule has 0 spiro atoms. The molecule has 2 unspecified atom stereocenters. The van der Waals surface area contributed by atoms with Crippen molar-refractivity contribution in [3.8, 4) is 12.3 Å². The minimum absolute atomic E-state index is 0.122. The van der Waals surface area contributed by atoms with Gasteiger partial charge in [-0.05, 0) is 18.9 Å². The second kappa shape index (κ2) is 5.50. The molecule has 1 aromatic carbocycles. The fourth-order valence-electron chi connectivity index (χ4n) is 2.80. The molecular formula is C17H19NO2. The highest BCUT2D eigenvalue weighted by molar-refractivity contribution is 6.09. The third-order valence-corrected chi connectivity index (χ3v) is 4.07. The molecule has 1 heterocycles. The molecule has 3 nitrogen and oxygen atoms in total. The number of benzene rings is 1. The third kappa shape index (κ3) is 2.22. The predicted molar refractivity (Wildman–Crippen MR) is 77.8 cm³/mol. The van der Waals surface area contributed by atoms with E-state index in [0.29, 0.717) is 12.8 Å². The molecular weight excluding hydrogens is 250 g/mol. The van der Waals surface area contributed by atoms with Gasteiger partial charge in [0.15, 0.2) is 0 Å². The molecule has 1 saturated heterocycles. The van der Waals surface area contributed by atoms with E-state index < -0.39 is 5.41 Å². The Labute approximate surface area is 120 Å². The van der Waals surface area contributed by atoms with E-state index in [-0.39, 0.29) is 24.3 Å². The van der Waals surface area contributed by atoms with Crippen molar-refractivity contribution < 1.29 is 9.59 Å². The number of carbonyl (C=O) groups is 2. The van der Waals surface area contributed by atoms with Gasteiger partial charge in [0.25, 0.3) is 0 Å². The van der Waals surface area contributed by atoms with E-state index in [1.807, 2.05) is 44.2 Å². The van der Waals surface area contributed by atoms with E-state index in [9.17, 15) is 9.59 Å². The molecule has 1 aromatic rings. The molecule has 20 heavy (non-hydrogen) atoms. The predicted octanol–water partition coefficient (Wildman–Crippen LogP) is 2.51. The fraction of sp³-hybridized carbons (Fsp3) is 0.412. The molecule has 104 valence electrons. The van der Waals surface area contributed by atoms with Crippen LogP contribution in [0, 0.1) is 12.3 Å². The second-order valence-corrected chi connectivity index (χ2v) is 5.41. The third-order valence-electron chi connectivity index (χ3n) is 4.07. The number of hydrogen-bond donors (Lipinski definition) is 0. The molecule has 0 aromatic heterocycles. The van der Waals surface area contributed by atoms with Crippen molar-refractivity contribution >= 4 is 11.8 Å². The van der Waals surface area contributed by atoms with Gasteiger partial charge >= 0.3 is 0 Å². The average molecular weight is 269 g/mol. The highest BCUT2D eigenvalue weighted by Crippen LogP contribution is 2.37. The summed E-state index contributed by atoms with van der Waals surface area (Å²) in [6, 6.07) is 9.29. The van der Waals surface area contributed by atoms with Crippen LogP contribution in [-0.4, -0.2) is 22.8 Å². The molecule has 2 rings (SSSR count). The summed E-state index contributed by atoms with van der Waals surface area (Å²) < 4.78 is 0. The van der Waals surface area contributed by atoms with E-state index in [1.54, 1.807) is 0 Å². The van der Waals surface area contributed by atoms with Gasteiger partial charge in [-0.2, -0.15) is 0 Å². The minimum Gasteiger partial charge on any atom is -0.278 e. The molecule has 0 aliphatic carbocycles. The first-order valence-electron chi connectivity index (χ1n) is 6.90. The van der Waals surface area contributed by atoms with Crippen molar-refractivity contribution in [2.45, 2.75) is 44.6 Å². The number of terminal acetylenes is 1. The Morgan fingerprint density at radius 2 is 2.00 bits per heavy atom. The Morgan fingerprint density at radius 3 is 2.55 bits per heavy atom. The summed E-state index contributed by atoms with van der Waals surface area (Å²) >= 11 is 0. The molecule has 2 atom stereocenters. The molecule has 0 radical (unpaired) electrons. The Balaban J connectivity index is 2.36. The number of carbonyl (C=O) groups excluding carboxylic acids is 2. The van der Waals surface area contributed by atoms with E-state index in [0.717, 1.165) is 5.56 Å². The fourth-order valence-corrected chi connectivity index (χ4v) is 2.80. The van der Waals surface area contributed by atoms with E-state index in [4.69, 9.17) is 6.42 Å². The molecule has 0 N–H and O–H groups in total. The van der Waals surface area contributed by atoms with Crippen LogP contribution >= 0.6 is 0 Å². The summed E-state index contributed by atoms with van der Waals surface area (Å²) in [6.07, 6.45) is 6.66. The lowest BCUT2D eigenvalue weighted by Gasteiger charge is -2.27. The Hall–Kier alpha value is -2.08. The van der Waals surface area contributed by atoms with Crippen LogP contribution in [0.5, 0.6) is 0 Å². The van der Waals surface area contributed by atoms with Gasteiger partial charge in [-0.25, -0.2) is 0 Å². The van der Waals surface area contributed by atoms with Crippen LogP contribution in [0.1, 0.15) is 38.7 Å². The summed E-state index contributed by atoms with van der Waals surface area (Å²) in [5, 5.41) is 0. The first-order chi connectivity index (χ1) is 9.54. The van der Waals surface area contributed by atoms with E-state index in [1.165, 1.54) is 4.90 Å².